The van der Waals surface area contributed by atoms with Crippen LogP contribution in [0.2, 0.25) is 0 Å². The van der Waals surface area contributed by atoms with Gasteiger partial charge in [-0.15, -0.1) is 0 Å². The molecule has 4 rings (SSSR count). The lowest BCUT2D eigenvalue weighted by Crippen LogP contribution is -2.65. The molecule has 27 heavy (non-hydrogen) atoms. The number of nitrogens with zero attached hydrogens (tertiary/aromatic N) is 1. The van der Waals surface area contributed by atoms with Crippen molar-refractivity contribution < 1.29 is 23.5 Å². The van der Waals surface area contributed by atoms with Gasteiger partial charge in [0.2, 0.25) is 0 Å². The van der Waals surface area contributed by atoms with Crippen molar-refractivity contribution in [3.8, 4) is 0 Å². The third kappa shape index (κ3) is 3.46. The number of amides is 1. The van der Waals surface area contributed by atoms with E-state index in [0.29, 0.717) is 30.9 Å². The number of hydrogen-bond acceptors (Lipinski definition) is 6. The Bertz CT molecular complexity index is 697. The Balaban J connectivity index is 1.63. The first kappa shape index (κ1) is 18.4. The van der Waals surface area contributed by atoms with Crippen molar-refractivity contribution in [2.24, 2.45) is 5.92 Å². The van der Waals surface area contributed by atoms with Gasteiger partial charge >= 0.3 is 0 Å². The molecule has 0 radical (unpaired) electrons. The first-order valence-electron chi connectivity index (χ1n) is 9.85. The molecule has 1 saturated carbocycles. The van der Waals surface area contributed by atoms with Gasteiger partial charge in [-0.3, -0.25) is 19.3 Å². The van der Waals surface area contributed by atoms with Gasteiger partial charge in [0, 0.05) is 6.54 Å². The number of Topliss-reactive ketones (excluding diaryl/α,β-unsaturated/α-hetero) is 1. The lowest BCUT2D eigenvalue weighted by atomic mass is 9.82. The van der Waals surface area contributed by atoms with Crippen LogP contribution in [0.4, 0.5) is 0 Å². The van der Waals surface area contributed by atoms with Crippen molar-refractivity contribution in [1.29, 1.82) is 0 Å². The summed E-state index contributed by atoms with van der Waals surface area (Å²) < 4.78 is 10.6. The largest absolute Gasteiger partial charge is 0.472 e. The summed E-state index contributed by atoms with van der Waals surface area (Å²) in [7, 11) is 0. The van der Waals surface area contributed by atoms with Crippen molar-refractivity contribution in [2.75, 3.05) is 13.2 Å². The molecule has 1 aromatic heterocycles. The highest BCUT2D eigenvalue weighted by molar-refractivity contribution is 5.96. The van der Waals surface area contributed by atoms with Gasteiger partial charge < -0.3 is 14.5 Å². The first-order chi connectivity index (χ1) is 13.1. The van der Waals surface area contributed by atoms with Crippen molar-refractivity contribution >= 4 is 18.0 Å². The molecule has 3 atom stereocenters. The molecule has 3 aliphatic rings. The summed E-state index contributed by atoms with van der Waals surface area (Å²) in [4.78, 5) is 39.5. The number of hydrogen-bond donors (Lipinski definition) is 1. The summed E-state index contributed by atoms with van der Waals surface area (Å²) in [5.41, 5.74) is -0.825. The maximum absolute atomic E-state index is 12.8. The highest BCUT2D eigenvalue weighted by Gasteiger charge is 2.54. The number of carbonyl (C=O) groups excluding carboxylic acids is 3. The fraction of sp³-hybridized carbons (Fsp3) is 0.650. The summed E-state index contributed by atoms with van der Waals surface area (Å²) in [6.45, 7) is 0.637. The molecule has 1 N–H and O–H groups in total. The number of fused-ring (bicyclic) bond motifs is 1. The van der Waals surface area contributed by atoms with Gasteiger partial charge in [0.05, 0.1) is 24.0 Å². The van der Waals surface area contributed by atoms with E-state index in [9.17, 15) is 14.4 Å². The third-order valence-corrected chi connectivity index (χ3v) is 6.26. The van der Waals surface area contributed by atoms with E-state index in [1.54, 1.807) is 6.07 Å². The number of nitrogens with one attached hydrogen (secondary N) is 1. The Labute approximate surface area is 158 Å². The van der Waals surface area contributed by atoms with Gasteiger partial charge in [-0.25, -0.2) is 0 Å². The highest BCUT2D eigenvalue weighted by atomic mass is 16.5. The van der Waals surface area contributed by atoms with E-state index in [1.807, 2.05) is 4.90 Å². The molecule has 0 bridgehead atoms. The van der Waals surface area contributed by atoms with Gasteiger partial charge in [-0.05, 0) is 24.8 Å². The second kappa shape index (κ2) is 7.56. The van der Waals surface area contributed by atoms with Crippen molar-refractivity contribution in [3.63, 3.8) is 0 Å². The van der Waals surface area contributed by atoms with E-state index in [1.165, 1.54) is 18.9 Å². The smallest absolute Gasteiger partial charge is 0.256 e. The van der Waals surface area contributed by atoms with Gasteiger partial charge in [0.15, 0.2) is 17.7 Å². The van der Waals surface area contributed by atoms with Crippen molar-refractivity contribution in [1.82, 2.24) is 10.2 Å². The number of aldehydes is 1. The van der Waals surface area contributed by atoms with Crippen LogP contribution in [0.25, 0.3) is 0 Å². The number of ketones is 1. The Morgan fingerprint density at radius 3 is 2.81 bits per heavy atom. The Morgan fingerprint density at radius 1 is 1.30 bits per heavy atom. The van der Waals surface area contributed by atoms with Crippen LogP contribution < -0.4 is 5.32 Å². The predicted octanol–water partition coefficient (Wildman–Crippen LogP) is 1.92. The zero-order valence-corrected chi connectivity index (χ0v) is 15.4. The molecule has 3 fully saturated rings. The molecule has 2 aliphatic heterocycles. The second-order valence-corrected chi connectivity index (χ2v) is 7.96. The number of likely N-dealkylation sites (tertiary alicyclic amines) is 1. The molecule has 3 heterocycles. The molecule has 146 valence electrons. The summed E-state index contributed by atoms with van der Waals surface area (Å²) in [6, 6.07) is 1.12. The van der Waals surface area contributed by atoms with Crippen LogP contribution in [0.1, 0.15) is 55.3 Å². The van der Waals surface area contributed by atoms with E-state index in [0.717, 1.165) is 32.0 Å². The maximum Gasteiger partial charge on any atom is 0.256 e. The molecular formula is C20H26N2O5. The fourth-order valence-corrected chi connectivity index (χ4v) is 4.92. The summed E-state index contributed by atoms with van der Waals surface area (Å²) in [5, 5.41) is 2.96. The van der Waals surface area contributed by atoms with Crippen LogP contribution in [-0.4, -0.2) is 53.8 Å². The van der Waals surface area contributed by atoms with Gasteiger partial charge in [-0.2, -0.15) is 0 Å². The molecule has 7 heteroatoms. The molecule has 0 aromatic carbocycles. The van der Waals surface area contributed by atoms with Gasteiger partial charge in [-0.1, -0.05) is 32.1 Å². The average molecular weight is 374 g/mol. The molecule has 7 nitrogen and oxygen atoms in total. The maximum atomic E-state index is 12.8. The van der Waals surface area contributed by atoms with E-state index < -0.39 is 11.7 Å². The number of furan rings is 1. The first-order valence-corrected chi connectivity index (χ1v) is 9.85. The zero-order valence-electron chi connectivity index (χ0n) is 15.4. The van der Waals surface area contributed by atoms with Gasteiger partial charge in [0.1, 0.15) is 12.9 Å². The highest BCUT2D eigenvalue weighted by Crippen LogP contribution is 2.37. The van der Waals surface area contributed by atoms with Crippen LogP contribution in [0, 0.1) is 5.92 Å². The minimum atomic E-state index is -1.20. The van der Waals surface area contributed by atoms with E-state index >= 15 is 0 Å². The minimum absolute atomic E-state index is 0.00932. The molecule has 0 spiro atoms. The number of ether oxygens (including phenoxy) is 1. The van der Waals surface area contributed by atoms with Crippen LogP contribution in [-0.2, 0) is 14.3 Å². The number of rotatable bonds is 6. The average Bonchev–Trinajstić information content (AvgIpc) is 3.42. The van der Waals surface area contributed by atoms with Crippen LogP contribution in [0.15, 0.2) is 23.0 Å². The molecule has 1 aliphatic carbocycles. The lowest BCUT2D eigenvalue weighted by Gasteiger charge is -2.43. The topological polar surface area (TPSA) is 88.8 Å². The molecule has 1 amide bonds. The Morgan fingerprint density at radius 2 is 2.11 bits per heavy atom. The van der Waals surface area contributed by atoms with Crippen molar-refractivity contribution in [2.45, 2.75) is 62.8 Å². The standard InChI is InChI=1S/C20H26N2O5/c23-13-20(10-14-4-2-1-3-5-14,21-19(25)15-7-9-26-11-15)22-8-6-17-18(22)16(24)12-27-17/h7,9,11,13-14,17-18H,1-6,8,10,12H2,(H,21,25). The Hall–Kier alpha value is -1.99. The van der Waals surface area contributed by atoms with Gasteiger partial charge in [0.25, 0.3) is 5.91 Å². The predicted molar refractivity (Wildman–Crippen MR) is 96.0 cm³/mol. The quantitative estimate of drug-likeness (QED) is 0.766. The number of carbonyl (C=O) groups is 3. The normalized spacial score (nSPS) is 28.7. The molecule has 1 aromatic rings. The van der Waals surface area contributed by atoms with E-state index in [-0.39, 0.29) is 24.4 Å². The summed E-state index contributed by atoms with van der Waals surface area (Å²) in [5.74, 6) is -0.0172. The second-order valence-electron chi connectivity index (χ2n) is 7.96. The summed E-state index contributed by atoms with van der Waals surface area (Å²) >= 11 is 0. The summed E-state index contributed by atoms with van der Waals surface area (Å²) in [6.07, 6.45) is 10.2. The van der Waals surface area contributed by atoms with Crippen molar-refractivity contribution in [3.05, 3.63) is 24.2 Å². The monoisotopic (exact) mass is 374 g/mol. The third-order valence-electron chi connectivity index (χ3n) is 6.26. The zero-order chi connectivity index (χ0) is 18.9. The van der Waals surface area contributed by atoms with Crippen LogP contribution in [0.5, 0.6) is 0 Å². The molecule has 2 saturated heterocycles. The SMILES string of the molecule is O=CC(CC1CCCCC1)(NC(=O)c1ccoc1)N1CCC2OCC(=O)C21. The minimum Gasteiger partial charge on any atom is -0.472 e. The Kier molecular flexibility index (Phi) is 5.14. The molecule has 3 unspecified atom stereocenters. The molecular weight excluding hydrogens is 348 g/mol. The van der Waals surface area contributed by atoms with Crippen LogP contribution in [0.3, 0.4) is 0 Å². The van der Waals surface area contributed by atoms with E-state index in [4.69, 9.17) is 9.15 Å². The van der Waals surface area contributed by atoms with E-state index in [2.05, 4.69) is 5.32 Å². The lowest BCUT2D eigenvalue weighted by molar-refractivity contribution is -0.129. The fourth-order valence-electron chi connectivity index (χ4n) is 4.92. The van der Waals surface area contributed by atoms with Crippen LogP contribution >= 0.6 is 0 Å².